The first-order valence-electron chi connectivity index (χ1n) is 6.77. The van der Waals surface area contributed by atoms with Gasteiger partial charge < -0.3 is 10.1 Å². The summed E-state index contributed by atoms with van der Waals surface area (Å²) in [5.74, 6) is 1.93. The molecule has 19 heavy (non-hydrogen) atoms. The summed E-state index contributed by atoms with van der Waals surface area (Å²) in [6.45, 7) is 6.50. The molecule has 2 rings (SSSR count). The van der Waals surface area contributed by atoms with Crippen molar-refractivity contribution in [3.63, 3.8) is 0 Å². The van der Waals surface area contributed by atoms with E-state index in [-0.39, 0.29) is 5.54 Å². The van der Waals surface area contributed by atoms with Crippen molar-refractivity contribution in [2.24, 2.45) is 4.99 Å². The Hall–Kier alpha value is -1.16. The van der Waals surface area contributed by atoms with Gasteiger partial charge in [-0.25, -0.2) is 0 Å². The monoisotopic (exact) mass is 278 g/mol. The Balaban J connectivity index is 2.20. The average Bonchev–Trinajstić information content (AvgIpc) is 2.83. The third kappa shape index (κ3) is 3.06. The molecule has 0 aromatic heterocycles. The number of amidine groups is 1. The van der Waals surface area contributed by atoms with E-state index in [9.17, 15) is 0 Å². The molecule has 0 spiro atoms. The largest absolute Gasteiger partial charge is 0.495 e. The van der Waals surface area contributed by atoms with Crippen LogP contribution in [0, 0.1) is 6.92 Å². The predicted molar refractivity (Wildman–Crippen MR) is 84.6 cm³/mol. The summed E-state index contributed by atoms with van der Waals surface area (Å²) in [4.78, 5) is 4.87. The van der Waals surface area contributed by atoms with E-state index in [0.717, 1.165) is 35.2 Å². The molecule has 1 heterocycles. The van der Waals surface area contributed by atoms with Crippen molar-refractivity contribution in [2.75, 3.05) is 18.2 Å². The molecule has 0 saturated heterocycles. The topological polar surface area (TPSA) is 33.6 Å². The van der Waals surface area contributed by atoms with Gasteiger partial charge in [0.15, 0.2) is 5.17 Å². The van der Waals surface area contributed by atoms with Crippen LogP contribution in [-0.4, -0.2) is 23.6 Å². The Morgan fingerprint density at radius 2 is 2.11 bits per heavy atom. The number of thioether (sulfide) groups is 1. The van der Waals surface area contributed by atoms with Gasteiger partial charge in [0.2, 0.25) is 0 Å². The van der Waals surface area contributed by atoms with Crippen LogP contribution in [0.15, 0.2) is 23.2 Å². The minimum atomic E-state index is 0.115. The molecule has 0 radical (unpaired) electrons. The van der Waals surface area contributed by atoms with Crippen molar-refractivity contribution < 1.29 is 4.74 Å². The van der Waals surface area contributed by atoms with Crippen LogP contribution in [0.4, 0.5) is 5.69 Å². The number of benzene rings is 1. The minimum absolute atomic E-state index is 0.115. The molecule has 0 atom stereocenters. The molecule has 1 aliphatic heterocycles. The van der Waals surface area contributed by atoms with Gasteiger partial charge in [0.25, 0.3) is 0 Å². The standard InChI is InChI=1S/C15H22N2OS/c1-5-15(6-2)10-19-14(17-15)16-12-9-11(3)7-8-13(12)18-4/h7-9H,5-6,10H2,1-4H3,(H,16,17). The smallest absolute Gasteiger partial charge is 0.161 e. The van der Waals surface area contributed by atoms with Crippen LogP contribution in [0.25, 0.3) is 0 Å². The lowest BCUT2D eigenvalue weighted by Gasteiger charge is -2.20. The van der Waals surface area contributed by atoms with E-state index in [4.69, 9.17) is 9.73 Å². The van der Waals surface area contributed by atoms with Gasteiger partial charge in [-0.3, -0.25) is 4.99 Å². The van der Waals surface area contributed by atoms with E-state index in [1.54, 1.807) is 18.9 Å². The zero-order chi connectivity index (χ0) is 13.9. The van der Waals surface area contributed by atoms with Gasteiger partial charge in [-0.05, 0) is 37.5 Å². The minimum Gasteiger partial charge on any atom is -0.495 e. The summed E-state index contributed by atoms with van der Waals surface area (Å²) < 4.78 is 5.39. The highest BCUT2D eigenvalue weighted by molar-refractivity contribution is 8.14. The van der Waals surface area contributed by atoms with Gasteiger partial charge in [-0.1, -0.05) is 31.7 Å². The Labute approximate surface area is 119 Å². The fraction of sp³-hybridized carbons (Fsp3) is 0.533. The number of hydrogen-bond donors (Lipinski definition) is 1. The maximum absolute atomic E-state index is 5.39. The van der Waals surface area contributed by atoms with Crippen molar-refractivity contribution in [1.29, 1.82) is 0 Å². The van der Waals surface area contributed by atoms with E-state index in [1.807, 2.05) is 6.07 Å². The number of aliphatic imine (C=N–C) groups is 1. The summed E-state index contributed by atoms with van der Waals surface area (Å²) in [5, 5.41) is 4.42. The predicted octanol–water partition coefficient (Wildman–Crippen LogP) is 4.08. The van der Waals surface area contributed by atoms with Crippen molar-refractivity contribution >= 4 is 22.6 Å². The molecule has 0 unspecified atom stereocenters. The maximum atomic E-state index is 5.39. The highest BCUT2D eigenvalue weighted by atomic mass is 32.2. The van der Waals surface area contributed by atoms with E-state index >= 15 is 0 Å². The zero-order valence-corrected chi connectivity index (χ0v) is 12.9. The molecular formula is C15H22N2OS. The molecule has 1 aliphatic rings. The molecule has 0 bridgehead atoms. The van der Waals surface area contributed by atoms with Gasteiger partial charge in [0.05, 0.1) is 18.3 Å². The second-order valence-corrected chi connectivity index (χ2v) is 5.93. The summed E-state index contributed by atoms with van der Waals surface area (Å²) in [6, 6.07) is 6.14. The number of hydrogen-bond acceptors (Lipinski definition) is 4. The van der Waals surface area contributed by atoms with Crippen molar-refractivity contribution in [2.45, 2.75) is 39.2 Å². The second kappa shape index (κ2) is 5.87. The first kappa shape index (κ1) is 14.3. The lowest BCUT2D eigenvalue weighted by molar-refractivity contribution is 0.417. The van der Waals surface area contributed by atoms with Crippen molar-refractivity contribution in [3.8, 4) is 5.75 Å². The van der Waals surface area contributed by atoms with Gasteiger partial charge in [-0.2, -0.15) is 0 Å². The molecule has 0 amide bonds. The molecule has 3 nitrogen and oxygen atoms in total. The molecular weight excluding hydrogens is 256 g/mol. The van der Waals surface area contributed by atoms with Crippen LogP contribution >= 0.6 is 11.8 Å². The van der Waals surface area contributed by atoms with Crippen LogP contribution in [0.3, 0.4) is 0 Å². The lowest BCUT2D eigenvalue weighted by atomic mass is 9.97. The number of nitrogens with zero attached hydrogens (tertiary/aromatic N) is 1. The molecule has 4 heteroatoms. The number of rotatable bonds is 4. The number of aryl methyl sites for hydroxylation is 1. The van der Waals surface area contributed by atoms with E-state index < -0.39 is 0 Å². The van der Waals surface area contributed by atoms with Crippen molar-refractivity contribution in [3.05, 3.63) is 23.8 Å². The number of anilines is 1. The fourth-order valence-electron chi connectivity index (χ4n) is 2.19. The molecule has 1 aromatic rings. The quantitative estimate of drug-likeness (QED) is 0.901. The fourth-order valence-corrected chi connectivity index (χ4v) is 3.51. The number of nitrogens with one attached hydrogen (secondary N) is 1. The normalized spacial score (nSPS) is 17.2. The van der Waals surface area contributed by atoms with Crippen LogP contribution in [0.5, 0.6) is 5.75 Å². The van der Waals surface area contributed by atoms with E-state index in [1.165, 1.54) is 5.56 Å². The van der Waals surface area contributed by atoms with Crippen LogP contribution in [0.2, 0.25) is 0 Å². The second-order valence-electron chi connectivity index (χ2n) is 4.97. The third-order valence-corrected chi connectivity index (χ3v) is 4.88. The van der Waals surface area contributed by atoms with E-state index in [0.29, 0.717) is 0 Å². The Kier molecular flexibility index (Phi) is 4.40. The Morgan fingerprint density at radius 3 is 2.68 bits per heavy atom. The van der Waals surface area contributed by atoms with Gasteiger partial charge in [0, 0.05) is 5.75 Å². The Bertz CT molecular complexity index is 481. The van der Waals surface area contributed by atoms with Gasteiger partial charge in [-0.15, -0.1) is 0 Å². The molecule has 0 fully saturated rings. The molecule has 0 saturated carbocycles. The summed E-state index contributed by atoms with van der Waals surface area (Å²) >= 11 is 1.80. The van der Waals surface area contributed by atoms with Crippen LogP contribution in [-0.2, 0) is 0 Å². The lowest BCUT2D eigenvalue weighted by Crippen LogP contribution is -2.24. The molecule has 104 valence electrons. The van der Waals surface area contributed by atoms with Crippen LogP contribution in [0.1, 0.15) is 32.3 Å². The van der Waals surface area contributed by atoms with Crippen LogP contribution < -0.4 is 10.1 Å². The first-order chi connectivity index (χ1) is 9.12. The zero-order valence-electron chi connectivity index (χ0n) is 12.1. The highest BCUT2D eigenvalue weighted by Gasteiger charge is 2.32. The SMILES string of the molecule is CCC1(CC)CSC(Nc2cc(C)ccc2OC)=N1. The Morgan fingerprint density at radius 1 is 1.37 bits per heavy atom. The highest BCUT2D eigenvalue weighted by Crippen LogP contribution is 2.35. The molecule has 1 N–H and O–H groups in total. The first-order valence-corrected chi connectivity index (χ1v) is 7.75. The van der Waals surface area contributed by atoms with Crippen molar-refractivity contribution in [1.82, 2.24) is 0 Å². The van der Waals surface area contributed by atoms with E-state index in [2.05, 4.69) is 38.2 Å². The number of methoxy groups -OCH3 is 1. The maximum Gasteiger partial charge on any atom is 0.161 e. The summed E-state index contributed by atoms with van der Waals surface area (Å²) in [6.07, 6.45) is 2.18. The molecule has 0 aliphatic carbocycles. The summed E-state index contributed by atoms with van der Waals surface area (Å²) in [5.41, 5.74) is 2.32. The third-order valence-electron chi connectivity index (χ3n) is 3.73. The van der Waals surface area contributed by atoms with Gasteiger partial charge in [0.1, 0.15) is 5.75 Å². The molecule has 1 aromatic carbocycles. The summed E-state index contributed by atoms with van der Waals surface area (Å²) in [7, 11) is 1.70. The van der Waals surface area contributed by atoms with Gasteiger partial charge >= 0.3 is 0 Å². The average molecular weight is 278 g/mol. The number of ether oxygens (including phenoxy) is 1.